The monoisotopic (exact) mass is 315 g/mol. The van der Waals surface area contributed by atoms with Crippen LogP contribution in [0.25, 0.3) is 10.1 Å². The van der Waals surface area contributed by atoms with E-state index >= 15 is 0 Å². The molecular weight excluding hydrogens is 294 g/mol. The van der Waals surface area contributed by atoms with E-state index in [-0.39, 0.29) is 0 Å². The highest BCUT2D eigenvalue weighted by Gasteiger charge is 2.11. The second-order valence-corrected chi connectivity index (χ2v) is 7.36. The van der Waals surface area contributed by atoms with Gasteiger partial charge in [-0.3, -0.25) is 0 Å². The van der Waals surface area contributed by atoms with Crippen molar-refractivity contribution in [1.82, 2.24) is 5.32 Å². The maximum Gasteiger partial charge on any atom is 0.0345 e. The van der Waals surface area contributed by atoms with Crippen molar-refractivity contribution in [2.75, 3.05) is 7.05 Å². The minimum absolute atomic E-state index is 0.572. The van der Waals surface area contributed by atoms with Gasteiger partial charge in [-0.2, -0.15) is 0 Å². The van der Waals surface area contributed by atoms with Gasteiger partial charge in [0.15, 0.2) is 0 Å². The summed E-state index contributed by atoms with van der Waals surface area (Å²) < 4.78 is 1.40. The van der Waals surface area contributed by atoms with Gasteiger partial charge in [-0.25, -0.2) is 0 Å². The van der Waals surface area contributed by atoms with Gasteiger partial charge in [0.05, 0.1) is 0 Å². The predicted molar refractivity (Wildman–Crippen MR) is 95.6 cm³/mol. The number of hydrogen-bond acceptors (Lipinski definition) is 3. The van der Waals surface area contributed by atoms with E-state index in [1.807, 2.05) is 22.7 Å². The van der Waals surface area contributed by atoms with Crippen LogP contribution in [0, 0.1) is 0 Å². The summed E-state index contributed by atoms with van der Waals surface area (Å²) >= 11 is 3.73. The molecule has 110 valence electrons. The average Bonchev–Trinajstić information content (AvgIpc) is 3.16. The summed E-state index contributed by atoms with van der Waals surface area (Å²) in [6, 6.07) is 13.7. The predicted octanol–water partition coefficient (Wildman–Crippen LogP) is 5.12. The van der Waals surface area contributed by atoms with E-state index < -0.39 is 0 Å². The van der Waals surface area contributed by atoms with Gasteiger partial charge in [-0.1, -0.05) is 24.3 Å². The molecule has 1 atom stereocenters. The largest absolute Gasteiger partial charge is 0.317 e. The number of aryl methyl sites for hydroxylation is 1. The molecule has 0 aliphatic rings. The molecule has 2 aromatic heterocycles. The summed E-state index contributed by atoms with van der Waals surface area (Å²) in [6.45, 7) is 0. The van der Waals surface area contributed by atoms with Crippen LogP contribution in [0.4, 0.5) is 0 Å². The Kier molecular flexibility index (Phi) is 5.07. The Bertz CT molecular complexity index is 669. The summed E-state index contributed by atoms with van der Waals surface area (Å²) in [7, 11) is 2.09. The van der Waals surface area contributed by atoms with Crippen LogP contribution in [0.15, 0.2) is 47.2 Å². The SMILES string of the molecule is CNC(CCCc1cccs1)Cc1csc2ccccc12. The first-order valence-corrected chi connectivity index (χ1v) is 9.27. The number of nitrogens with one attached hydrogen (secondary N) is 1. The third-order valence-electron chi connectivity index (χ3n) is 3.99. The lowest BCUT2D eigenvalue weighted by Crippen LogP contribution is -2.27. The summed E-state index contributed by atoms with van der Waals surface area (Å²) in [5, 5.41) is 9.42. The highest BCUT2D eigenvalue weighted by atomic mass is 32.1. The highest BCUT2D eigenvalue weighted by molar-refractivity contribution is 7.17. The first-order valence-electron chi connectivity index (χ1n) is 7.51. The summed E-state index contributed by atoms with van der Waals surface area (Å²) in [4.78, 5) is 1.51. The van der Waals surface area contributed by atoms with Crippen molar-refractivity contribution in [3.8, 4) is 0 Å². The van der Waals surface area contributed by atoms with Crippen LogP contribution in [-0.2, 0) is 12.8 Å². The third kappa shape index (κ3) is 3.73. The lowest BCUT2D eigenvalue weighted by atomic mass is 10.0. The molecule has 0 radical (unpaired) electrons. The quantitative estimate of drug-likeness (QED) is 0.638. The van der Waals surface area contributed by atoms with Gasteiger partial charge in [-0.15, -0.1) is 22.7 Å². The second-order valence-electron chi connectivity index (χ2n) is 5.42. The van der Waals surface area contributed by atoms with Crippen LogP contribution in [0.2, 0.25) is 0 Å². The van der Waals surface area contributed by atoms with Crippen LogP contribution in [-0.4, -0.2) is 13.1 Å². The van der Waals surface area contributed by atoms with Gasteiger partial charge in [0, 0.05) is 15.6 Å². The highest BCUT2D eigenvalue weighted by Crippen LogP contribution is 2.27. The molecule has 1 aromatic carbocycles. The van der Waals surface area contributed by atoms with Crippen LogP contribution in [0.1, 0.15) is 23.3 Å². The fourth-order valence-corrected chi connectivity index (χ4v) is 4.51. The standard InChI is InChI=1S/C18H21NS2/c1-19-15(6-4-7-16-8-5-11-20-16)12-14-13-21-18-10-3-2-9-17(14)18/h2-3,5,8-11,13,15,19H,4,6-7,12H2,1H3. The molecule has 0 saturated carbocycles. The Morgan fingerprint density at radius 1 is 1.10 bits per heavy atom. The van der Waals surface area contributed by atoms with Gasteiger partial charge in [0.25, 0.3) is 0 Å². The number of fused-ring (bicyclic) bond motifs is 1. The fraction of sp³-hybridized carbons (Fsp3) is 0.333. The molecule has 1 N–H and O–H groups in total. The van der Waals surface area contributed by atoms with E-state index in [1.165, 1.54) is 39.8 Å². The summed E-state index contributed by atoms with van der Waals surface area (Å²) in [6.07, 6.45) is 4.83. The Morgan fingerprint density at radius 2 is 2.00 bits per heavy atom. The number of thiophene rings is 2. The molecule has 3 heteroatoms. The zero-order valence-electron chi connectivity index (χ0n) is 12.3. The molecule has 3 rings (SSSR count). The number of rotatable bonds is 7. The van der Waals surface area contributed by atoms with Crippen molar-refractivity contribution in [1.29, 1.82) is 0 Å². The van der Waals surface area contributed by atoms with Crippen molar-refractivity contribution < 1.29 is 0 Å². The van der Waals surface area contributed by atoms with E-state index in [2.05, 4.69) is 59.5 Å². The van der Waals surface area contributed by atoms with Crippen molar-refractivity contribution in [3.63, 3.8) is 0 Å². The molecule has 0 spiro atoms. The number of benzene rings is 1. The summed E-state index contributed by atoms with van der Waals surface area (Å²) in [5.74, 6) is 0. The first-order chi connectivity index (χ1) is 10.4. The molecule has 2 heterocycles. The Balaban J connectivity index is 1.59. The van der Waals surface area contributed by atoms with E-state index in [1.54, 1.807) is 0 Å². The molecule has 0 aliphatic carbocycles. The van der Waals surface area contributed by atoms with Crippen LogP contribution < -0.4 is 5.32 Å². The van der Waals surface area contributed by atoms with Crippen LogP contribution in [0.3, 0.4) is 0 Å². The molecule has 0 bridgehead atoms. The smallest absolute Gasteiger partial charge is 0.0345 e. The van der Waals surface area contributed by atoms with E-state index in [9.17, 15) is 0 Å². The van der Waals surface area contributed by atoms with E-state index in [0.717, 1.165) is 6.42 Å². The van der Waals surface area contributed by atoms with Crippen molar-refractivity contribution in [2.24, 2.45) is 0 Å². The van der Waals surface area contributed by atoms with Crippen LogP contribution in [0.5, 0.6) is 0 Å². The minimum Gasteiger partial charge on any atom is -0.317 e. The van der Waals surface area contributed by atoms with Gasteiger partial charge in [-0.05, 0) is 66.6 Å². The van der Waals surface area contributed by atoms with Gasteiger partial charge >= 0.3 is 0 Å². The van der Waals surface area contributed by atoms with Gasteiger partial charge in [0.2, 0.25) is 0 Å². The number of hydrogen-bond donors (Lipinski definition) is 1. The lowest BCUT2D eigenvalue weighted by Gasteiger charge is -2.15. The Morgan fingerprint density at radius 3 is 2.81 bits per heavy atom. The lowest BCUT2D eigenvalue weighted by molar-refractivity contribution is 0.504. The Labute approximate surface area is 134 Å². The van der Waals surface area contributed by atoms with Crippen LogP contribution >= 0.6 is 22.7 Å². The molecular formula is C18H21NS2. The number of likely N-dealkylation sites (N-methyl/N-ethyl adjacent to an activating group) is 1. The molecule has 0 amide bonds. The molecule has 3 aromatic rings. The summed E-state index contributed by atoms with van der Waals surface area (Å²) in [5.41, 5.74) is 1.49. The third-order valence-corrected chi connectivity index (χ3v) is 5.94. The molecule has 0 aliphatic heterocycles. The normalized spacial score (nSPS) is 12.8. The van der Waals surface area contributed by atoms with Crippen molar-refractivity contribution in [2.45, 2.75) is 31.7 Å². The molecule has 21 heavy (non-hydrogen) atoms. The fourth-order valence-electron chi connectivity index (χ4n) is 2.78. The van der Waals surface area contributed by atoms with Gasteiger partial charge in [0.1, 0.15) is 0 Å². The van der Waals surface area contributed by atoms with Crippen molar-refractivity contribution >= 4 is 32.8 Å². The van der Waals surface area contributed by atoms with E-state index in [4.69, 9.17) is 0 Å². The average molecular weight is 316 g/mol. The first kappa shape index (κ1) is 14.8. The van der Waals surface area contributed by atoms with E-state index in [0.29, 0.717) is 6.04 Å². The van der Waals surface area contributed by atoms with Crippen molar-refractivity contribution in [3.05, 3.63) is 57.6 Å². The second kappa shape index (κ2) is 7.21. The zero-order chi connectivity index (χ0) is 14.5. The minimum atomic E-state index is 0.572. The maximum absolute atomic E-state index is 3.49. The molecule has 0 fully saturated rings. The zero-order valence-corrected chi connectivity index (χ0v) is 14.0. The maximum atomic E-state index is 3.49. The molecule has 1 nitrogen and oxygen atoms in total. The molecule has 0 saturated heterocycles. The topological polar surface area (TPSA) is 12.0 Å². The Hall–Kier alpha value is -1.16. The van der Waals surface area contributed by atoms with Gasteiger partial charge < -0.3 is 5.32 Å². The molecule has 1 unspecified atom stereocenters.